The first-order chi connectivity index (χ1) is 12.4. The van der Waals surface area contributed by atoms with Crippen LogP contribution in [0, 0.1) is 13.8 Å². The molecule has 1 fully saturated rings. The molecule has 1 saturated heterocycles. The van der Waals surface area contributed by atoms with E-state index in [1.54, 1.807) is 6.07 Å². The SMILES string of the molecule is Cc1ccc(C)c(C(c2ccc(Cl)c(Cl)c2)N2CCCCC2C(=O)O)c1. The molecule has 5 heteroatoms. The van der Waals surface area contributed by atoms with E-state index in [0.717, 1.165) is 41.6 Å². The van der Waals surface area contributed by atoms with Crippen LogP contribution in [0.4, 0.5) is 0 Å². The standard InChI is InChI=1S/C21H23Cl2NO2/c1-13-6-7-14(2)16(11-13)20(15-8-9-17(22)18(23)12-15)24-10-4-3-5-19(24)21(25)26/h6-9,11-12,19-20H,3-5,10H2,1-2H3,(H,25,26). The van der Waals surface area contributed by atoms with Crippen molar-refractivity contribution in [2.24, 2.45) is 0 Å². The highest BCUT2D eigenvalue weighted by atomic mass is 35.5. The fraction of sp³-hybridized carbons (Fsp3) is 0.381. The second kappa shape index (κ2) is 7.99. The van der Waals surface area contributed by atoms with Crippen LogP contribution in [-0.4, -0.2) is 28.6 Å². The summed E-state index contributed by atoms with van der Waals surface area (Å²) in [7, 11) is 0. The molecule has 0 saturated carbocycles. The van der Waals surface area contributed by atoms with Gasteiger partial charge in [0.1, 0.15) is 6.04 Å². The van der Waals surface area contributed by atoms with E-state index in [1.807, 2.05) is 12.1 Å². The van der Waals surface area contributed by atoms with Gasteiger partial charge in [0, 0.05) is 0 Å². The quantitative estimate of drug-likeness (QED) is 0.732. The number of aliphatic carboxylic acids is 1. The molecule has 0 amide bonds. The number of carboxylic acids is 1. The second-order valence-electron chi connectivity index (χ2n) is 7.02. The molecule has 3 nitrogen and oxygen atoms in total. The first-order valence-corrected chi connectivity index (χ1v) is 9.64. The Kier molecular flexibility index (Phi) is 5.91. The van der Waals surface area contributed by atoms with E-state index in [1.165, 1.54) is 0 Å². The molecule has 26 heavy (non-hydrogen) atoms. The average Bonchev–Trinajstić information content (AvgIpc) is 2.61. The number of carbonyl (C=O) groups is 1. The van der Waals surface area contributed by atoms with Gasteiger partial charge in [-0.05, 0) is 62.1 Å². The molecule has 2 aromatic carbocycles. The number of nitrogens with zero attached hydrogens (tertiary/aromatic N) is 1. The maximum Gasteiger partial charge on any atom is 0.320 e. The van der Waals surface area contributed by atoms with E-state index < -0.39 is 12.0 Å². The molecular weight excluding hydrogens is 369 g/mol. The summed E-state index contributed by atoms with van der Waals surface area (Å²) >= 11 is 12.4. The number of carboxylic acid groups (broad SMARTS) is 1. The fourth-order valence-electron chi connectivity index (χ4n) is 3.81. The predicted molar refractivity (Wildman–Crippen MR) is 106 cm³/mol. The van der Waals surface area contributed by atoms with E-state index in [0.29, 0.717) is 16.5 Å². The number of benzene rings is 2. The van der Waals surface area contributed by atoms with Crippen LogP contribution < -0.4 is 0 Å². The summed E-state index contributed by atoms with van der Waals surface area (Å²) in [6, 6.07) is 11.3. The smallest absolute Gasteiger partial charge is 0.320 e. The molecule has 138 valence electrons. The Balaban J connectivity index is 2.16. The Morgan fingerprint density at radius 2 is 1.88 bits per heavy atom. The van der Waals surface area contributed by atoms with Gasteiger partial charge in [-0.15, -0.1) is 0 Å². The number of likely N-dealkylation sites (tertiary alicyclic amines) is 1. The molecule has 2 atom stereocenters. The highest BCUT2D eigenvalue weighted by molar-refractivity contribution is 6.42. The van der Waals surface area contributed by atoms with Crippen molar-refractivity contribution in [3.63, 3.8) is 0 Å². The number of piperidine rings is 1. The lowest BCUT2D eigenvalue weighted by molar-refractivity contribution is -0.145. The first kappa shape index (κ1) is 19.2. The summed E-state index contributed by atoms with van der Waals surface area (Å²) < 4.78 is 0. The molecule has 0 aromatic heterocycles. The topological polar surface area (TPSA) is 40.5 Å². The Morgan fingerprint density at radius 3 is 2.58 bits per heavy atom. The Hall–Kier alpha value is -1.55. The van der Waals surface area contributed by atoms with Gasteiger partial charge >= 0.3 is 5.97 Å². The average molecular weight is 392 g/mol. The van der Waals surface area contributed by atoms with Gasteiger partial charge in [-0.2, -0.15) is 0 Å². The number of hydrogen-bond donors (Lipinski definition) is 1. The van der Waals surface area contributed by atoms with E-state index in [9.17, 15) is 9.90 Å². The molecule has 0 bridgehead atoms. The van der Waals surface area contributed by atoms with Crippen molar-refractivity contribution in [2.75, 3.05) is 6.54 Å². The van der Waals surface area contributed by atoms with Crippen LogP contribution >= 0.6 is 23.2 Å². The molecular formula is C21H23Cl2NO2. The van der Waals surface area contributed by atoms with Gasteiger partial charge in [-0.25, -0.2) is 0 Å². The van der Waals surface area contributed by atoms with Crippen molar-refractivity contribution in [1.29, 1.82) is 0 Å². The van der Waals surface area contributed by atoms with Crippen molar-refractivity contribution in [1.82, 2.24) is 4.90 Å². The van der Waals surface area contributed by atoms with Crippen molar-refractivity contribution in [2.45, 2.75) is 45.2 Å². The summed E-state index contributed by atoms with van der Waals surface area (Å²) in [5.41, 5.74) is 4.39. The van der Waals surface area contributed by atoms with Crippen LogP contribution in [0.5, 0.6) is 0 Å². The molecule has 1 aliphatic heterocycles. The minimum atomic E-state index is -0.764. The predicted octanol–water partition coefficient (Wildman–Crippen LogP) is 5.64. The van der Waals surface area contributed by atoms with Gasteiger partial charge in [0.25, 0.3) is 0 Å². The zero-order chi connectivity index (χ0) is 18.8. The maximum absolute atomic E-state index is 11.9. The molecule has 2 aromatic rings. The Bertz CT molecular complexity index is 822. The number of aryl methyl sites for hydroxylation is 2. The summed E-state index contributed by atoms with van der Waals surface area (Å²) in [6.07, 6.45) is 2.60. The highest BCUT2D eigenvalue weighted by Gasteiger charge is 2.35. The normalized spacial score (nSPS) is 19.3. The van der Waals surface area contributed by atoms with Crippen LogP contribution in [-0.2, 0) is 4.79 Å². The Labute approximate surface area is 164 Å². The van der Waals surface area contributed by atoms with Gasteiger partial charge in [0.15, 0.2) is 0 Å². The van der Waals surface area contributed by atoms with Crippen LogP contribution in [0.2, 0.25) is 10.0 Å². The number of hydrogen-bond acceptors (Lipinski definition) is 2. The van der Waals surface area contributed by atoms with Gasteiger partial charge in [-0.1, -0.05) is 59.5 Å². The van der Waals surface area contributed by atoms with Gasteiger partial charge < -0.3 is 5.11 Å². The van der Waals surface area contributed by atoms with E-state index in [4.69, 9.17) is 23.2 Å². The molecule has 1 N–H and O–H groups in total. The third-order valence-electron chi connectivity index (χ3n) is 5.15. The van der Waals surface area contributed by atoms with Crippen LogP contribution in [0.25, 0.3) is 0 Å². The number of halogens is 2. The maximum atomic E-state index is 11.9. The monoisotopic (exact) mass is 391 g/mol. The lowest BCUT2D eigenvalue weighted by Gasteiger charge is -2.40. The van der Waals surface area contributed by atoms with Crippen LogP contribution in [0.1, 0.15) is 47.6 Å². The Morgan fingerprint density at radius 1 is 1.12 bits per heavy atom. The molecule has 1 aliphatic rings. The fourth-order valence-corrected chi connectivity index (χ4v) is 4.12. The summed E-state index contributed by atoms with van der Waals surface area (Å²) in [5, 5.41) is 10.8. The highest BCUT2D eigenvalue weighted by Crippen LogP contribution is 2.38. The second-order valence-corrected chi connectivity index (χ2v) is 7.84. The molecule has 3 rings (SSSR count). The van der Waals surface area contributed by atoms with Crippen molar-refractivity contribution < 1.29 is 9.90 Å². The third kappa shape index (κ3) is 3.90. The zero-order valence-corrected chi connectivity index (χ0v) is 16.5. The van der Waals surface area contributed by atoms with E-state index >= 15 is 0 Å². The summed E-state index contributed by atoms with van der Waals surface area (Å²) in [4.78, 5) is 14.0. The molecule has 0 aliphatic carbocycles. The molecule has 0 radical (unpaired) electrons. The van der Waals surface area contributed by atoms with Gasteiger partial charge in [-0.3, -0.25) is 9.69 Å². The van der Waals surface area contributed by atoms with Crippen molar-refractivity contribution in [3.8, 4) is 0 Å². The first-order valence-electron chi connectivity index (χ1n) is 8.89. The van der Waals surface area contributed by atoms with E-state index in [-0.39, 0.29) is 6.04 Å². The minimum Gasteiger partial charge on any atom is -0.480 e. The molecule has 1 heterocycles. The van der Waals surface area contributed by atoms with Crippen molar-refractivity contribution in [3.05, 3.63) is 68.7 Å². The zero-order valence-electron chi connectivity index (χ0n) is 15.0. The summed E-state index contributed by atoms with van der Waals surface area (Å²) in [5.74, 6) is -0.764. The van der Waals surface area contributed by atoms with Crippen LogP contribution in [0.3, 0.4) is 0 Å². The largest absolute Gasteiger partial charge is 0.480 e. The number of rotatable bonds is 4. The molecule has 2 unspecified atom stereocenters. The lowest BCUT2D eigenvalue weighted by Crippen LogP contribution is -2.47. The lowest BCUT2D eigenvalue weighted by atomic mass is 9.89. The minimum absolute atomic E-state index is 0.161. The van der Waals surface area contributed by atoms with Gasteiger partial charge in [0.2, 0.25) is 0 Å². The third-order valence-corrected chi connectivity index (χ3v) is 5.89. The van der Waals surface area contributed by atoms with Gasteiger partial charge in [0.05, 0.1) is 16.1 Å². The summed E-state index contributed by atoms with van der Waals surface area (Å²) in [6.45, 7) is 4.87. The van der Waals surface area contributed by atoms with E-state index in [2.05, 4.69) is 36.9 Å². The molecule has 0 spiro atoms. The van der Waals surface area contributed by atoms with Crippen molar-refractivity contribution >= 4 is 29.2 Å². The van der Waals surface area contributed by atoms with Crippen LogP contribution in [0.15, 0.2) is 36.4 Å².